The van der Waals surface area contributed by atoms with Crippen molar-refractivity contribution in [3.8, 4) is 0 Å². The third kappa shape index (κ3) is 12.6. The summed E-state index contributed by atoms with van der Waals surface area (Å²) in [7, 11) is 1.89. The molecule has 0 aliphatic heterocycles. The molecule has 176 valence electrons. The van der Waals surface area contributed by atoms with Crippen LogP contribution in [0.5, 0.6) is 0 Å². The first kappa shape index (κ1) is 28.1. The van der Waals surface area contributed by atoms with Gasteiger partial charge in [-0.2, -0.15) is 26.3 Å². The minimum absolute atomic E-state index is 0.747. The number of carbonyl (C=O) groups is 3. The summed E-state index contributed by atoms with van der Waals surface area (Å²) >= 11 is 0. The Balaban J connectivity index is 5.64. The summed E-state index contributed by atoms with van der Waals surface area (Å²) in [5.74, 6) is -3.25. The highest BCUT2D eigenvalue weighted by atomic mass is 19.4. The molecule has 0 aromatic carbocycles. The van der Waals surface area contributed by atoms with Crippen LogP contribution in [-0.2, 0) is 33.3 Å². The second kappa shape index (κ2) is 12.1. The van der Waals surface area contributed by atoms with Crippen molar-refractivity contribution >= 4 is 17.7 Å². The van der Waals surface area contributed by atoms with Crippen molar-refractivity contribution in [3.63, 3.8) is 0 Å². The SMILES string of the molecule is COC(C[C@H](OC(C)=O)C(=O)[C@H](CC(CC(F)(F)F)OC)OC(C)=O)CC(F)(F)F. The highest BCUT2D eigenvalue weighted by molar-refractivity contribution is 5.90. The lowest BCUT2D eigenvalue weighted by molar-refractivity contribution is -0.175. The standard InChI is InChI=1S/C17H24F6O7/c1-9(24)29-13(5-11(27-3)7-16(18,19)20)15(26)14(30-10(2)25)6-12(28-4)8-17(21,22)23/h11-14H,5-8H2,1-4H3/t11?,12?,13-,14-/m0/s1. The van der Waals surface area contributed by atoms with Crippen molar-refractivity contribution in [2.75, 3.05) is 14.2 Å². The van der Waals surface area contributed by atoms with Crippen LogP contribution < -0.4 is 0 Å². The molecule has 4 atom stereocenters. The van der Waals surface area contributed by atoms with Gasteiger partial charge in [-0.05, 0) is 0 Å². The maximum Gasteiger partial charge on any atom is 0.391 e. The zero-order valence-corrected chi connectivity index (χ0v) is 16.8. The van der Waals surface area contributed by atoms with Gasteiger partial charge in [0.1, 0.15) is 0 Å². The van der Waals surface area contributed by atoms with E-state index >= 15 is 0 Å². The summed E-state index contributed by atoms with van der Waals surface area (Å²) in [6.07, 6.45) is -20.6. The average molecular weight is 454 g/mol. The van der Waals surface area contributed by atoms with Crippen molar-refractivity contribution in [2.45, 2.75) is 76.3 Å². The topological polar surface area (TPSA) is 88.1 Å². The highest BCUT2D eigenvalue weighted by Crippen LogP contribution is 2.28. The number of esters is 2. The van der Waals surface area contributed by atoms with Crippen LogP contribution in [0, 0.1) is 0 Å². The van der Waals surface area contributed by atoms with Crippen LogP contribution in [0.4, 0.5) is 26.3 Å². The second-order valence-corrected chi connectivity index (χ2v) is 6.42. The number of hydrogen-bond donors (Lipinski definition) is 0. The van der Waals surface area contributed by atoms with E-state index in [1.165, 1.54) is 0 Å². The first-order chi connectivity index (χ1) is 13.6. The van der Waals surface area contributed by atoms with Crippen LogP contribution in [0.2, 0.25) is 0 Å². The van der Waals surface area contributed by atoms with Gasteiger partial charge in [-0.25, -0.2) is 0 Å². The molecule has 30 heavy (non-hydrogen) atoms. The van der Waals surface area contributed by atoms with E-state index in [2.05, 4.69) is 9.47 Å². The van der Waals surface area contributed by atoms with Gasteiger partial charge in [0.15, 0.2) is 12.2 Å². The van der Waals surface area contributed by atoms with Gasteiger partial charge in [0, 0.05) is 40.9 Å². The molecule has 0 heterocycles. The van der Waals surface area contributed by atoms with Gasteiger partial charge in [0.05, 0.1) is 25.0 Å². The molecule has 0 rings (SSSR count). The first-order valence-corrected chi connectivity index (χ1v) is 8.65. The summed E-state index contributed by atoms with van der Waals surface area (Å²) in [6.45, 7) is 1.77. The molecule has 13 heteroatoms. The summed E-state index contributed by atoms with van der Waals surface area (Å²) in [5, 5.41) is 0. The maximum absolute atomic E-state index is 12.7. The molecule has 0 saturated carbocycles. The van der Waals surface area contributed by atoms with Gasteiger partial charge in [-0.1, -0.05) is 0 Å². The Morgan fingerprint density at radius 3 is 1.20 bits per heavy atom. The number of hydrogen-bond acceptors (Lipinski definition) is 7. The number of alkyl halides is 6. The molecule has 2 unspecified atom stereocenters. The van der Waals surface area contributed by atoms with E-state index in [-0.39, 0.29) is 0 Å². The Hall–Kier alpha value is -1.89. The number of ether oxygens (including phenoxy) is 4. The van der Waals surface area contributed by atoms with Crippen LogP contribution in [0.1, 0.15) is 39.5 Å². The Morgan fingerprint density at radius 1 is 0.700 bits per heavy atom. The number of ketones is 1. The Labute approximate surface area is 169 Å². The summed E-state index contributed by atoms with van der Waals surface area (Å²) < 4.78 is 94.7. The lowest BCUT2D eigenvalue weighted by atomic mass is 9.97. The van der Waals surface area contributed by atoms with E-state index in [1.54, 1.807) is 0 Å². The molecule has 0 amide bonds. The molecule has 0 aromatic heterocycles. The quantitative estimate of drug-likeness (QED) is 0.331. The predicted molar refractivity (Wildman–Crippen MR) is 88.3 cm³/mol. The van der Waals surface area contributed by atoms with Crippen molar-refractivity contribution in [3.05, 3.63) is 0 Å². The minimum Gasteiger partial charge on any atom is -0.454 e. The number of Topliss-reactive ketones (excluding diaryl/α,β-unsaturated/α-hetero) is 1. The minimum atomic E-state index is -4.66. The summed E-state index contributed by atoms with van der Waals surface area (Å²) in [6, 6.07) is 0. The molecule has 0 N–H and O–H groups in total. The highest BCUT2D eigenvalue weighted by Gasteiger charge is 2.40. The number of carbonyl (C=O) groups excluding carboxylic acids is 3. The predicted octanol–water partition coefficient (Wildman–Crippen LogP) is 3.13. The third-order valence-corrected chi connectivity index (χ3v) is 3.79. The van der Waals surface area contributed by atoms with Crippen LogP contribution in [-0.4, -0.2) is 68.7 Å². The van der Waals surface area contributed by atoms with Crippen LogP contribution in [0.15, 0.2) is 0 Å². The summed E-state index contributed by atoms with van der Waals surface area (Å²) in [5.41, 5.74) is 0. The van der Waals surface area contributed by atoms with E-state index in [9.17, 15) is 40.7 Å². The van der Waals surface area contributed by atoms with Crippen molar-refractivity contribution in [1.82, 2.24) is 0 Å². The van der Waals surface area contributed by atoms with E-state index in [1.807, 2.05) is 0 Å². The zero-order chi connectivity index (χ0) is 23.7. The van der Waals surface area contributed by atoms with Crippen molar-refractivity contribution < 1.29 is 59.7 Å². The molecule has 0 bridgehead atoms. The van der Waals surface area contributed by atoms with E-state index in [0.717, 1.165) is 28.1 Å². The largest absolute Gasteiger partial charge is 0.454 e. The third-order valence-electron chi connectivity index (χ3n) is 3.79. The Morgan fingerprint density at radius 2 is 1.00 bits per heavy atom. The smallest absolute Gasteiger partial charge is 0.391 e. The zero-order valence-electron chi connectivity index (χ0n) is 16.8. The first-order valence-electron chi connectivity index (χ1n) is 8.65. The number of halogens is 6. The van der Waals surface area contributed by atoms with Crippen molar-refractivity contribution in [1.29, 1.82) is 0 Å². The monoisotopic (exact) mass is 454 g/mol. The van der Waals surface area contributed by atoms with Crippen LogP contribution in [0.3, 0.4) is 0 Å². The molecule has 0 spiro atoms. The lowest BCUT2D eigenvalue weighted by Gasteiger charge is -2.27. The summed E-state index contributed by atoms with van der Waals surface area (Å²) in [4.78, 5) is 35.3. The number of rotatable bonds is 12. The van der Waals surface area contributed by atoms with Gasteiger partial charge in [0.25, 0.3) is 0 Å². The van der Waals surface area contributed by atoms with E-state index < -0.39 is 80.2 Å². The maximum atomic E-state index is 12.7. The van der Waals surface area contributed by atoms with Crippen LogP contribution >= 0.6 is 0 Å². The number of methoxy groups -OCH3 is 2. The normalized spacial score (nSPS) is 16.3. The van der Waals surface area contributed by atoms with Crippen molar-refractivity contribution in [2.24, 2.45) is 0 Å². The lowest BCUT2D eigenvalue weighted by Crippen LogP contribution is -2.42. The molecule has 0 fully saturated rings. The molecule has 0 saturated heterocycles. The molecule has 0 aromatic rings. The van der Waals surface area contributed by atoms with Crippen LogP contribution in [0.25, 0.3) is 0 Å². The molecule has 0 aliphatic carbocycles. The molecule has 0 aliphatic rings. The molecule has 0 radical (unpaired) electrons. The second-order valence-electron chi connectivity index (χ2n) is 6.42. The van der Waals surface area contributed by atoms with Gasteiger partial charge >= 0.3 is 24.3 Å². The van der Waals surface area contributed by atoms with Gasteiger partial charge in [-0.3, -0.25) is 14.4 Å². The fraction of sp³-hybridized carbons (Fsp3) is 0.824. The molecular weight excluding hydrogens is 430 g/mol. The average Bonchev–Trinajstić information content (AvgIpc) is 2.55. The fourth-order valence-electron chi connectivity index (χ4n) is 2.57. The Bertz CT molecular complexity index is 528. The molecular formula is C17H24F6O7. The van der Waals surface area contributed by atoms with Gasteiger partial charge < -0.3 is 18.9 Å². The Kier molecular flexibility index (Phi) is 11.3. The van der Waals surface area contributed by atoms with Gasteiger partial charge in [0.2, 0.25) is 5.78 Å². The molecule has 7 nitrogen and oxygen atoms in total. The van der Waals surface area contributed by atoms with E-state index in [4.69, 9.17) is 9.47 Å². The van der Waals surface area contributed by atoms with Gasteiger partial charge in [-0.15, -0.1) is 0 Å². The fourth-order valence-corrected chi connectivity index (χ4v) is 2.57. The van der Waals surface area contributed by atoms with E-state index in [0.29, 0.717) is 0 Å².